The van der Waals surface area contributed by atoms with Crippen LogP contribution in [0.1, 0.15) is 30.4 Å². The van der Waals surface area contributed by atoms with Crippen molar-refractivity contribution in [2.75, 3.05) is 13.7 Å². The van der Waals surface area contributed by atoms with Crippen LogP contribution in [-0.4, -0.2) is 13.7 Å². The summed E-state index contributed by atoms with van der Waals surface area (Å²) in [6, 6.07) is 6.38. The van der Waals surface area contributed by atoms with Crippen molar-refractivity contribution in [2.24, 2.45) is 0 Å². The van der Waals surface area contributed by atoms with Crippen molar-refractivity contribution in [3.05, 3.63) is 29.3 Å². The molecule has 0 radical (unpaired) electrons. The van der Waals surface area contributed by atoms with Crippen molar-refractivity contribution in [1.29, 1.82) is 0 Å². The fourth-order valence-electron chi connectivity index (χ4n) is 2.02. The lowest BCUT2D eigenvalue weighted by molar-refractivity contribution is 0.413. The molecular weight excluding hydrogens is 174 g/mol. The summed E-state index contributed by atoms with van der Waals surface area (Å²) < 4.78 is 5.25. The van der Waals surface area contributed by atoms with Crippen LogP contribution in [-0.2, 0) is 6.54 Å². The van der Waals surface area contributed by atoms with E-state index in [2.05, 4.69) is 24.4 Å². The number of hydrogen-bond donors (Lipinski definition) is 1. The first-order valence-electron chi connectivity index (χ1n) is 5.19. The van der Waals surface area contributed by atoms with E-state index in [-0.39, 0.29) is 0 Å². The van der Waals surface area contributed by atoms with Gasteiger partial charge in [-0.2, -0.15) is 0 Å². The molecule has 76 valence electrons. The fourth-order valence-corrected chi connectivity index (χ4v) is 2.02. The molecule has 0 aromatic heterocycles. The first kappa shape index (κ1) is 9.53. The number of methoxy groups -OCH3 is 1. The van der Waals surface area contributed by atoms with E-state index >= 15 is 0 Å². The van der Waals surface area contributed by atoms with Crippen LogP contribution >= 0.6 is 0 Å². The number of benzene rings is 1. The minimum Gasteiger partial charge on any atom is -0.497 e. The van der Waals surface area contributed by atoms with Crippen LogP contribution in [0, 0.1) is 0 Å². The van der Waals surface area contributed by atoms with Gasteiger partial charge in [0.25, 0.3) is 0 Å². The average molecular weight is 191 g/mol. The minimum atomic E-state index is 0.634. The largest absolute Gasteiger partial charge is 0.497 e. The second kappa shape index (κ2) is 4.01. The Morgan fingerprint density at radius 2 is 2.29 bits per heavy atom. The van der Waals surface area contributed by atoms with Crippen molar-refractivity contribution in [3.8, 4) is 5.75 Å². The van der Waals surface area contributed by atoms with Gasteiger partial charge in [-0.15, -0.1) is 0 Å². The molecule has 2 rings (SSSR count). The highest BCUT2D eigenvalue weighted by Crippen LogP contribution is 2.28. The quantitative estimate of drug-likeness (QED) is 0.735. The molecule has 0 spiro atoms. The molecule has 0 bridgehead atoms. The van der Waals surface area contributed by atoms with Crippen molar-refractivity contribution < 1.29 is 4.74 Å². The summed E-state index contributed by atoms with van der Waals surface area (Å²) in [6.45, 7) is 4.38. The van der Waals surface area contributed by atoms with Crippen LogP contribution in [0.4, 0.5) is 0 Å². The van der Waals surface area contributed by atoms with Gasteiger partial charge >= 0.3 is 0 Å². The lowest BCUT2D eigenvalue weighted by atomic mass is 9.94. The molecule has 1 heterocycles. The molecule has 0 saturated heterocycles. The van der Waals surface area contributed by atoms with E-state index in [1.165, 1.54) is 17.5 Å². The van der Waals surface area contributed by atoms with Crippen molar-refractivity contribution in [1.82, 2.24) is 5.32 Å². The maximum absolute atomic E-state index is 5.25. The maximum atomic E-state index is 5.25. The summed E-state index contributed by atoms with van der Waals surface area (Å²) in [4.78, 5) is 0. The Morgan fingerprint density at radius 3 is 3.07 bits per heavy atom. The smallest absolute Gasteiger partial charge is 0.119 e. The predicted molar refractivity (Wildman–Crippen MR) is 57.7 cm³/mol. The minimum absolute atomic E-state index is 0.634. The molecule has 0 fully saturated rings. The number of ether oxygens (including phenoxy) is 1. The van der Waals surface area contributed by atoms with Crippen LogP contribution in [0.3, 0.4) is 0 Å². The molecule has 1 aliphatic heterocycles. The van der Waals surface area contributed by atoms with E-state index in [0.29, 0.717) is 5.92 Å². The molecule has 0 amide bonds. The maximum Gasteiger partial charge on any atom is 0.119 e. The van der Waals surface area contributed by atoms with E-state index in [1.807, 2.05) is 6.07 Å². The van der Waals surface area contributed by atoms with E-state index in [9.17, 15) is 0 Å². The van der Waals surface area contributed by atoms with Crippen LogP contribution in [0.5, 0.6) is 5.75 Å². The van der Waals surface area contributed by atoms with Gasteiger partial charge in [0, 0.05) is 6.54 Å². The van der Waals surface area contributed by atoms with Crippen molar-refractivity contribution >= 4 is 0 Å². The summed E-state index contributed by atoms with van der Waals surface area (Å²) in [5.74, 6) is 1.60. The van der Waals surface area contributed by atoms with Crippen LogP contribution in [0.2, 0.25) is 0 Å². The molecule has 1 aliphatic rings. The Balaban J connectivity index is 2.39. The highest BCUT2D eigenvalue weighted by Gasteiger charge is 2.14. The summed E-state index contributed by atoms with van der Waals surface area (Å²) in [7, 11) is 1.72. The first-order chi connectivity index (χ1) is 6.81. The second-order valence-corrected chi connectivity index (χ2v) is 3.93. The SMILES string of the molecule is COc1ccc2c(c1)C(C)CCNC2. The average Bonchev–Trinajstić information content (AvgIpc) is 2.40. The first-order valence-corrected chi connectivity index (χ1v) is 5.19. The van der Waals surface area contributed by atoms with Crippen molar-refractivity contribution in [3.63, 3.8) is 0 Å². The predicted octanol–water partition coefficient (Wildman–Crippen LogP) is 2.29. The lowest BCUT2D eigenvalue weighted by Gasteiger charge is -2.13. The number of fused-ring (bicyclic) bond motifs is 1. The van der Waals surface area contributed by atoms with Gasteiger partial charge in [-0.25, -0.2) is 0 Å². The molecule has 14 heavy (non-hydrogen) atoms. The third-order valence-electron chi connectivity index (χ3n) is 2.95. The van der Waals surface area contributed by atoms with Gasteiger partial charge in [0.15, 0.2) is 0 Å². The number of hydrogen-bond acceptors (Lipinski definition) is 2. The summed E-state index contributed by atoms with van der Waals surface area (Å²) in [5, 5.41) is 3.43. The van der Waals surface area contributed by atoms with Crippen LogP contribution in [0.15, 0.2) is 18.2 Å². The molecule has 1 aromatic rings. The molecule has 0 saturated carbocycles. The summed E-state index contributed by atoms with van der Waals surface area (Å²) in [6.07, 6.45) is 1.21. The van der Waals surface area contributed by atoms with Gasteiger partial charge in [0.2, 0.25) is 0 Å². The van der Waals surface area contributed by atoms with E-state index in [1.54, 1.807) is 7.11 Å². The van der Waals surface area contributed by atoms with E-state index in [0.717, 1.165) is 18.8 Å². The Hall–Kier alpha value is -1.02. The molecule has 2 nitrogen and oxygen atoms in total. The Morgan fingerprint density at radius 1 is 1.43 bits per heavy atom. The van der Waals surface area contributed by atoms with Crippen molar-refractivity contribution in [2.45, 2.75) is 25.8 Å². The molecule has 2 heteroatoms. The van der Waals surface area contributed by atoms with Gasteiger partial charge in [-0.1, -0.05) is 13.0 Å². The van der Waals surface area contributed by atoms with Gasteiger partial charge < -0.3 is 10.1 Å². The molecule has 1 atom stereocenters. The number of nitrogens with one attached hydrogen (secondary N) is 1. The third-order valence-corrected chi connectivity index (χ3v) is 2.95. The topological polar surface area (TPSA) is 21.3 Å². The van der Waals surface area contributed by atoms with Gasteiger partial charge in [0.05, 0.1) is 7.11 Å². The second-order valence-electron chi connectivity index (χ2n) is 3.93. The zero-order chi connectivity index (χ0) is 9.97. The standard InChI is InChI=1S/C12H17NO/c1-9-5-6-13-8-10-3-4-11(14-2)7-12(9)10/h3-4,7,9,13H,5-6,8H2,1-2H3. The van der Waals surface area contributed by atoms with Gasteiger partial charge in [-0.3, -0.25) is 0 Å². The Bertz CT molecular complexity index is 322. The highest BCUT2D eigenvalue weighted by molar-refractivity contribution is 5.38. The highest BCUT2D eigenvalue weighted by atomic mass is 16.5. The van der Waals surface area contributed by atoms with E-state index in [4.69, 9.17) is 4.74 Å². The lowest BCUT2D eigenvalue weighted by Crippen LogP contribution is -2.12. The summed E-state index contributed by atoms with van der Waals surface area (Å²) >= 11 is 0. The zero-order valence-corrected chi connectivity index (χ0v) is 8.84. The zero-order valence-electron chi connectivity index (χ0n) is 8.84. The number of rotatable bonds is 1. The monoisotopic (exact) mass is 191 g/mol. The normalized spacial score (nSPS) is 21.1. The Kier molecular flexibility index (Phi) is 2.73. The summed E-state index contributed by atoms with van der Waals surface area (Å²) in [5.41, 5.74) is 2.85. The van der Waals surface area contributed by atoms with Gasteiger partial charge in [0.1, 0.15) is 5.75 Å². The fraction of sp³-hybridized carbons (Fsp3) is 0.500. The molecular formula is C12H17NO. The third kappa shape index (κ3) is 1.75. The van der Waals surface area contributed by atoms with E-state index < -0.39 is 0 Å². The molecule has 1 aromatic carbocycles. The van der Waals surface area contributed by atoms with Gasteiger partial charge in [-0.05, 0) is 42.1 Å². The van der Waals surface area contributed by atoms with Crippen LogP contribution < -0.4 is 10.1 Å². The van der Waals surface area contributed by atoms with Crippen LogP contribution in [0.25, 0.3) is 0 Å². The molecule has 1 unspecified atom stereocenters. The molecule has 1 N–H and O–H groups in total. The molecule has 0 aliphatic carbocycles. The Labute approximate surface area is 85.3 Å².